The maximum Gasteiger partial charge on any atom is 0.131 e. The van der Waals surface area contributed by atoms with Gasteiger partial charge in [-0.1, -0.05) is 0 Å². The normalized spacial score (nSPS) is 10.4. The summed E-state index contributed by atoms with van der Waals surface area (Å²) in [4.78, 5) is 0. The molecule has 0 atom stereocenters. The first-order chi connectivity index (χ1) is 10.3. The number of hydrogen-bond acceptors (Lipinski definition) is 5. The number of anilines is 1. The van der Waals surface area contributed by atoms with Crippen molar-refractivity contribution in [2.24, 2.45) is 5.10 Å². The maximum atomic E-state index is 5.31. The molecule has 0 aliphatic heterocycles. The number of nitrogens with zero attached hydrogens (tertiary/aromatic N) is 1. The Labute approximate surface area is 124 Å². The van der Waals surface area contributed by atoms with Gasteiger partial charge in [-0.15, -0.1) is 0 Å². The minimum atomic E-state index is 0.703. The standard InChI is InChI=1S/C16H18N2O3/c1-19-14-8-5-13(6-9-14)18-17-11-12-4-7-15(20-2)10-16(12)21-3/h4-11,18H,1-3H3/b17-11+. The van der Waals surface area contributed by atoms with Crippen LogP contribution in [0.4, 0.5) is 5.69 Å². The van der Waals surface area contributed by atoms with Crippen LogP contribution in [0, 0.1) is 0 Å². The molecule has 2 aromatic rings. The molecule has 1 N–H and O–H groups in total. The second kappa shape index (κ2) is 7.19. The number of rotatable bonds is 6. The van der Waals surface area contributed by atoms with Crippen LogP contribution < -0.4 is 19.6 Å². The lowest BCUT2D eigenvalue weighted by atomic mass is 10.2. The SMILES string of the molecule is COc1ccc(N/N=C/c2ccc(OC)cc2OC)cc1. The van der Waals surface area contributed by atoms with Crippen molar-refractivity contribution in [3.05, 3.63) is 48.0 Å². The van der Waals surface area contributed by atoms with Gasteiger partial charge in [-0.2, -0.15) is 5.10 Å². The molecule has 5 nitrogen and oxygen atoms in total. The highest BCUT2D eigenvalue weighted by atomic mass is 16.5. The van der Waals surface area contributed by atoms with Crippen molar-refractivity contribution in [2.45, 2.75) is 0 Å². The summed E-state index contributed by atoms with van der Waals surface area (Å²) < 4.78 is 15.6. The van der Waals surface area contributed by atoms with Gasteiger partial charge in [-0.25, -0.2) is 0 Å². The van der Waals surface area contributed by atoms with Gasteiger partial charge in [-0.05, 0) is 36.4 Å². The Bertz CT molecular complexity index is 609. The molecule has 0 aliphatic carbocycles. The van der Waals surface area contributed by atoms with Crippen molar-refractivity contribution in [3.8, 4) is 17.2 Å². The van der Waals surface area contributed by atoms with Gasteiger partial charge in [0.15, 0.2) is 0 Å². The van der Waals surface area contributed by atoms with Crippen molar-refractivity contribution in [3.63, 3.8) is 0 Å². The molecule has 110 valence electrons. The molecule has 2 rings (SSSR count). The summed E-state index contributed by atoms with van der Waals surface area (Å²) in [6, 6.07) is 13.1. The van der Waals surface area contributed by atoms with Gasteiger partial charge in [0.25, 0.3) is 0 Å². The van der Waals surface area contributed by atoms with E-state index in [1.807, 2.05) is 42.5 Å². The van der Waals surface area contributed by atoms with Crippen LogP contribution in [0.2, 0.25) is 0 Å². The van der Waals surface area contributed by atoms with Crippen molar-refractivity contribution in [1.29, 1.82) is 0 Å². The van der Waals surface area contributed by atoms with E-state index in [2.05, 4.69) is 10.5 Å². The van der Waals surface area contributed by atoms with E-state index in [4.69, 9.17) is 14.2 Å². The molecular weight excluding hydrogens is 268 g/mol. The third kappa shape index (κ3) is 3.89. The summed E-state index contributed by atoms with van der Waals surface area (Å²) in [5.41, 5.74) is 4.69. The molecule has 2 aromatic carbocycles. The van der Waals surface area contributed by atoms with E-state index in [0.29, 0.717) is 5.75 Å². The highest BCUT2D eigenvalue weighted by Crippen LogP contribution is 2.23. The molecule has 0 radical (unpaired) electrons. The fourth-order valence-corrected chi connectivity index (χ4v) is 1.77. The fourth-order valence-electron chi connectivity index (χ4n) is 1.77. The molecule has 0 unspecified atom stereocenters. The van der Waals surface area contributed by atoms with E-state index in [-0.39, 0.29) is 0 Å². The number of benzene rings is 2. The van der Waals surface area contributed by atoms with E-state index in [1.165, 1.54) is 0 Å². The van der Waals surface area contributed by atoms with Gasteiger partial charge in [0, 0.05) is 11.6 Å². The van der Waals surface area contributed by atoms with Crippen LogP contribution in [-0.2, 0) is 0 Å². The lowest BCUT2D eigenvalue weighted by molar-refractivity contribution is 0.394. The van der Waals surface area contributed by atoms with Crippen LogP contribution in [0.5, 0.6) is 17.2 Å². The Morgan fingerprint density at radius 3 is 2.14 bits per heavy atom. The maximum absolute atomic E-state index is 5.31. The van der Waals surface area contributed by atoms with Crippen LogP contribution in [-0.4, -0.2) is 27.5 Å². The second-order valence-corrected chi connectivity index (χ2v) is 4.21. The molecule has 0 amide bonds. The molecule has 0 heterocycles. The summed E-state index contributed by atoms with van der Waals surface area (Å²) in [7, 11) is 4.87. The Morgan fingerprint density at radius 1 is 0.857 bits per heavy atom. The highest BCUT2D eigenvalue weighted by Gasteiger charge is 2.02. The average Bonchev–Trinajstić information content (AvgIpc) is 2.55. The van der Waals surface area contributed by atoms with Crippen LogP contribution in [0.3, 0.4) is 0 Å². The van der Waals surface area contributed by atoms with E-state index in [1.54, 1.807) is 27.5 Å². The molecule has 0 aliphatic rings. The number of hydrogen-bond donors (Lipinski definition) is 1. The zero-order chi connectivity index (χ0) is 15.1. The summed E-state index contributed by atoms with van der Waals surface area (Å²) in [6.45, 7) is 0. The first-order valence-corrected chi connectivity index (χ1v) is 6.42. The van der Waals surface area contributed by atoms with Gasteiger partial charge in [-0.3, -0.25) is 5.43 Å². The summed E-state index contributed by atoms with van der Waals surface area (Å²) in [6.07, 6.45) is 1.70. The van der Waals surface area contributed by atoms with Crippen LogP contribution >= 0.6 is 0 Å². The molecule has 0 fully saturated rings. The van der Waals surface area contributed by atoms with Crippen LogP contribution in [0.1, 0.15) is 5.56 Å². The minimum Gasteiger partial charge on any atom is -0.497 e. The number of nitrogens with one attached hydrogen (secondary N) is 1. The number of hydrazone groups is 1. The summed E-state index contributed by atoms with van der Waals surface area (Å²) >= 11 is 0. The van der Waals surface area contributed by atoms with Gasteiger partial charge in [0.05, 0.1) is 33.2 Å². The summed E-state index contributed by atoms with van der Waals surface area (Å²) in [5, 5.41) is 4.19. The minimum absolute atomic E-state index is 0.703. The monoisotopic (exact) mass is 286 g/mol. The van der Waals surface area contributed by atoms with E-state index >= 15 is 0 Å². The fraction of sp³-hybridized carbons (Fsp3) is 0.188. The Kier molecular flexibility index (Phi) is 5.04. The van der Waals surface area contributed by atoms with Gasteiger partial charge in [0.2, 0.25) is 0 Å². The Morgan fingerprint density at radius 2 is 1.52 bits per heavy atom. The Hall–Kier alpha value is -2.69. The zero-order valence-corrected chi connectivity index (χ0v) is 12.3. The summed E-state index contributed by atoms with van der Waals surface area (Å²) in [5.74, 6) is 2.25. The average molecular weight is 286 g/mol. The number of methoxy groups -OCH3 is 3. The predicted molar refractivity (Wildman–Crippen MR) is 83.8 cm³/mol. The van der Waals surface area contributed by atoms with Crippen molar-refractivity contribution in [1.82, 2.24) is 0 Å². The lowest BCUT2D eigenvalue weighted by Gasteiger charge is -2.07. The lowest BCUT2D eigenvalue weighted by Crippen LogP contribution is -1.95. The quantitative estimate of drug-likeness (QED) is 0.654. The van der Waals surface area contributed by atoms with Gasteiger partial charge >= 0.3 is 0 Å². The third-order valence-electron chi connectivity index (χ3n) is 2.93. The highest BCUT2D eigenvalue weighted by molar-refractivity contribution is 5.84. The van der Waals surface area contributed by atoms with Crippen molar-refractivity contribution >= 4 is 11.9 Å². The first-order valence-electron chi connectivity index (χ1n) is 6.42. The smallest absolute Gasteiger partial charge is 0.131 e. The largest absolute Gasteiger partial charge is 0.497 e. The zero-order valence-electron chi connectivity index (χ0n) is 12.3. The molecule has 0 aromatic heterocycles. The molecule has 0 spiro atoms. The molecule has 0 saturated carbocycles. The molecule has 0 saturated heterocycles. The molecule has 21 heavy (non-hydrogen) atoms. The van der Waals surface area contributed by atoms with Crippen molar-refractivity contribution < 1.29 is 14.2 Å². The topological polar surface area (TPSA) is 52.1 Å². The molecule has 5 heteroatoms. The van der Waals surface area contributed by atoms with E-state index < -0.39 is 0 Å². The van der Waals surface area contributed by atoms with Crippen LogP contribution in [0.15, 0.2) is 47.6 Å². The van der Waals surface area contributed by atoms with E-state index in [9.17, 15) is 0 Å². The molecular formula is C16H18N2O3. The van der Waals surface area contributed by atoms with Gasteiger partial charge < -0.3 is 14.2 Å². The van der Waals surface area contributed by atoms with Crippen LogP contribution in [0.25, 0.3) is 0 Å². The third-order valence-corrected chi connectivity index (χ3v) is 2.93. The molecule has 0 bridgehead atoms. The van der Waals surface area contributed by atoms with Crippen molar-refractivity contribution in [2.75, 3.05) is 26.8 Å². The van der Waals surface area contributed by atoms with E-state index in [0.717, 1.165) is 22.7 Å². The second-order valence-electron chi connectivity index (χ2n) is 4.21. The Balaban J connectivity index is 2.06. The number of ether oxygens (including phenoxy) is 3. The first kappa shape index (κ1) is 14.7. The van der Waals surface area contributed by atoms with Gasteiger partial charge in [0.1, 0.15) is 17.2 Å². The predicted octanol–water partition coefficient (Wildman–Crippen LogP) is 3.16.